The fourth-order valence-electron chi connectivity index (χ4n) is 4.19. The van der Waals surface area contributed by atoms with Gasteiger partial charge in [-0.1, -0.05) is 13.8 Å². The van der Waals surface area contributed by atoms with Gasteiger partial charge in [0.05, 0.1) is 0 Å². The lowest BCUT2D eigenvalue weighted by Crippen LogP contribution is -2.61. The van der Waals surface area contributed by atoms with Gasteiger partial charge in [-0.2, -0.15) is 0 Å². The van der Waals surface area contributed by atoms with Crippen LogP contribution in [0.25, 0.3) is 0 Å². The van der Waals surface area contributed by atoms with Crippen LogP contribution in [0.4, 0.5) is 0 Å². The summed E-state index contributed by atoms with van der Waals surface area (Å²) in [5.74, 6) is 2.69. The van der Waals surface area contributed by atoms with Crippen LogP contribution in [-0.2, 0) is 0 Å². The number of hydrogen-bond acceptors (Lipinski definition) is 2. The molecule has 0 bridgehead atoms. The van der Waals surface area contributed by atoms with Crippen LogP contribution in [0.2, 0.25) is 0 Å². The Kier molecular flexibility index (Phi) is 3.44. The van der Waals surface area contributed by atoms with Crippen molar-refractivity contribution in [3.8, 4) is 0 Å². The molecule has 3 aliphatic rings. The van der Waals surface area contributed by atoms with Gasteiger partial charge in [0.25, 0.3) is 0 Å². The predicted octanol–water partition coefficient (Wildman–Crippen LogP) is 3.01. The Hall–Kier alpha value is -0.0800. The van der Waals surface area contributed by atoms with Gasteiger partial charge in [-0.05, 0) is 62.7 Å². The summed E-state index contributed by atoms with van der Waals surface area (Å²) in [4.78, 5) is 2.88. The zero-order chi connectivity index (χ0) is 12.8. The van der Waals surface area contributed by atoms with Crippen molar-refractivity contribution in [3.63, 3.8) is 0 Å². The molecule has 2 N–H and O–H groups in total. The summed E-state index contributed by atoms with van der Waals surface area (Å²) in [6, 6.07) is 0.880. The largest absolute Gasteiger partial charge is 0.329 e. The van der Waals surface area contributed by atoms with Crippen LogP contribution in [0.3, 0.4) is 0 Å². The third kappa shape index (κ3) is 2.34. The van der Waals surface area contributed by atoms with Gasteiger partial charge in [0.1, 0.15) is 0 Å². The van der Waals surface area contributed by atoms with Gasteiger partial charge in [-0.15, -0.1) is 0 Å². The highest BCUT2D eigenvalue weighted by Crippen LogP contribution is 2.46. The smallest absolute Gasteiger partial charge is 0.0360 e. The molecule has 3 saturated carbocycles. The first kappa shape index (κ1) is 12.9. The molecule has 0 heterocycles. The second kappa shape index (κ2) is 4.79. The average Bonchev–Trinajstić information content (AvgIpc) is 3.21. The van der Waals surface area contributed by atoms with Gasteiger partial charge in [0.2, 0.25) is 0 Å². The van der Waals surface area contributed by atoms with E-state index in [0.29, 0.717) is 5.54 Å². The second-order valence-electron chi connectivity index (χ2n) is 7.42. The van der Waals surface area contributed by atoms with Crippen molar-refractivity contribution in [1.82, 2.24) is 4.90 Å². The molecular formula is C16H30N2. The van der Waals surface area contributed by atoms with Crippen molar-refractivity contribution < 1.29 is 0 Å². The molecule has 0 radical (unpaired) electrons. The molecule has 0 aliphatic heterocycles. The standard InChI is InChI=1S/C16H30N2/c1-12-7-8-16(11-17,13(2)9-12)18(15-5-6-15)10-14-3-4-14/h12-15H,3-11,17H2,1-2H3. The first-order valence-corrected chi connectivity index (χ1v) is 8.12. The molecule has 0 spiro atoms. The fourth-order valence-corrected chi connectivity index (χ4v) is 4.19. The van der Waals surface area contributed by atoms with Crippen molar-refractivity contribution in [3.05, 3.63) is 0 Å². The molecule has 3 unspecified atom stereocenters. The third-order valence-electron chi connectivity index (χ3n) is 5.81. The Morgan fingerprint density at radius 3 is 2.33 bits per heavy atom. The van der Waals surface area contributed by atoms with E-state index in [4.69, 9.17) is 5.73 Å². The van der Waals surface area contributed by atoms with E-state index in [9.17, 15) is 0 Å². The van der Waals surface area contributed by atoms with Crippen LogP contribution in [0.15, 0.2) is 0 Å². The Morgan fingerprint density at radius 2 is 1.83 bits per heavy atom. The molecule has 2 nitrogen and oxygen atoms in total. The summed E-state index contributed by atoms with van der Waals surface area (Å²) in [6.07, 6.45) is 9.90. The summed E-state index contributed by atoms with van der Waals surface area (Å²) in [7, 11) is 0. The maximum Gasteiger partial charge on any atom is 0.0360 e. The maximum absolute atomic E-state index is 6.30. The molecule has 0 aromatic carbocycles. The molecule has 3 rings (SSSR count). The van der Waals surface area contributed by atoms with Crippen LogP contribution in [0.5, 0.6) is 0 Å². The van der Waals surface area contributed by atoms with E-state index in [1.807, 2.05) is 0 Å². The van der Waals surface area contributed by atoms with Crippen molar-refractivity contribution in [2.75, 3.05) is 13.1 Å². The number of rotatable bonds is 5. The first-order chi connectivity index (χ1) is 8.65. The predicted molar refractivity (Wildman–Crippen MR) is 76.4 cm³/mol. The van der Waals surface area contributed by atoms with Gasteiger partial charge >= 0.3 is 0 Å². The van der Waals surface area contributed by atoms with Crippen LogP contribution < -0.4 is 5.73 Å². The molecule has 18 heavy (non-hydrogen) atoms. The van der Waals surface area contributed by atoms with Crippen molar-refractivity contribution in [2.24, 2.45) is 23.5 Å². The first-order valence-electron chi connectivity index (χ1n) is 8.12. The van der Waals surface area contributed by atoms with Gasteiger partial charge in [-0.3, -0.25) is 4.90 Å². The lowest BCUT2D eigenvalue weighted by Gasteiger charge is -2.52. The average molecular weight is 250 g/mol. The second-order valence-corrected chi connectivity index (χ2v) is 7.42. The molecular weight excluding hydrogens is 220 g/mol. The third-order valence-corrected chi connectivity index (χ3v) is 5.81. The van der Waals surface area contributed by atoms with E-state index in [1.54, 1.807) is 0 Å². The van der Waals surface area contributed by atoms with Crippen LogP contribution >= 0.6 is 0 Å². The summed E-state index contributed by atoms with van der Waals surface area (Å²) >= 11 is 0. The van der Waals surface area contributed by atoms with E-state index < -0.39 is 0 Å². The van der Waals surface area contributed by atoms with E-state index in [1.165, 1.54) is 51.5 Å². The number of hydrogen-bond donors (Lipinski definition) is 1. The minimum atomic E-state index is 0.344. The molecule has 104 valence electrons. The number of nitrogens with two attached hydrogens (primary N) is 1. The zero-order valence-electron chi connectivity index (χ0n) is 12.2. The van der Waals surface area contributed by atoms with Crippen molar-refractivity contribution in [2.45, 2.75) is 70.4 Å². The monoisotopic (exact) mass is 250 g/mol. The van der Waals surface area contributed by atoms with E-state index in [0.717, 1.165) is 30.3 Å². The molecule has 0 aromatic heterocycles. The fraction of sp³-hybridized carbons (Fsp3) is 1.00. The highest BCUT2D eigenvalue weighted by molar-refractivity contribution is 5.05. The zero-order valence-corrected chi connectivity index (χ0v) is 12.2. The molecule has 0 amide bonds. The van der Waals surface area contributed by atoms with E-state index >= 15 is 0 Å². The van der Waals surface area contributed by atoms with Crippen LogP contribution in [-0.4, -0.2) is 29.6 Å². The van der Waals surface area contributed by atoms with E-state index in [-0.39, 0.29) is 0 Å². The normalized spacial score (nSPS) is 41.3. The molecule has 3 atom stereocenters. The van der Waals surface area contributed by atoms with Gasteiger partial charge < -0.3 is 5.73 Å². The quantitative estimate of drug-likeness (QED) is 0.812. The SMILES string of the molecule is CC1CCC(CN)(N(CC2CC2)C2CC2)C(C)C1. The summed E-state index contributed by atoms with van der Waals surface area (Å²) < 4.78 is 0. The molecule has 0 saturated heterocycles. The minimum absolute atomic E-state index is 0.344. The Morgan fingerprint density at radius 1 is 1.11 bits per heavy atom. The van der Waals surface area contributed by atoms with Gasteiger partial charge in [-0.25, -0.2) is 0 Å². The maximum atomic E-state index is 6.30. The van der Waals surface area contributed by atoms with Crippen molar-refractivity contribution >= 4 is 0 Å². The van der Waals surface area contributed by atoms with Gasteiger partial charge in [0.15, 0.2) is 0 Å². The Labute approximate surface area is 112 Å². The van der Waals surface area contributed by atoms with Crippen LogP contribution in [0, 0.1) is 17.8 Å². The van der Waals surface area contributed by atoms with E-state index in [2.05, 4.69) is 18.7 Å². The Bertz CT molecular complexity index is 295. The summed E-state index contributed by atoms with van der Waals surface area (Å²) in [5, 5.41) is 0. The van der Waals surface area contributed by atoms with Gasteiger partial charge in [0, 0.05) is 24.7 Å². The summed E-state index contributed by atoms with van der Waals surface area (Å²) in [5.41, 5.74) is 6.64. The van der Waals surface area contributed by atoms with Crippen LogP contribution in [0.1, 0.15) is 58.8 Å². The lowest BCUT2D eigenvalue weighted by molar-refractivity contribution is -0.00964. The minimum Gasteiger partial charge on any atom is -0.329 e. The van der Waals surface area contributed by atoms with Crippen molar-refractivity contribution in [1.29, 1.82) is 0 Å². The lowest BCUT2D eigenvalue weighted by atomic mass is 9.68. The topological polar surface area (TPSA) is 29.3 Å². The highest BCUT2D eigenvalue weighted by Gasteiger charge is 2.49. The molecule has 3 aliphatic carbocycles. The molecule has 3 fully saturated rings. The molecule has 0 aromatic rings. The molecule has 2 heteroatoms. The Balaban J connectivity index is 1.78. The summed E-state index contributed by atoms with van der Waals surface area (Å²) in [6.45, 7) is 7.11. The number of nitrogens with zero attached hydrogens (tertiary/aromatic N) is 1. The highest BCUT2D eigenvalue weighted by atomic mass is 15.3.